The summed E-state index contributed by atoms with van der Waals surface area (Å²) in [6.07, 6.45) is -0.535. The molecule has 1 heterocycles. The number of H-pyrrole nitrogens is 1. The number of carbonyl (C=O) groups is 1. The first-order valence-electron chi connectivity index (χ1n) is 6.56. The lowest BCUT2D eigenvalue weighted by Crippen LogP contribution is -2.25. The second-order valence-electron chi connectivity index (χ2n) is 4.94. The lowest BCUT2D eigenvalue weighted by molar-refractivity contribution is 0.172. The van der Waals surface area contributed by atoms with Crippen molar-refractivity contribution in [3.05, 3.63) is 51.9 Å². The Morgan fingerprint density at radius 3 is 2.59 bits per heavy atom. The number of hydrogen-bond acceptors (Lipinski definition) is 4. The normalized spacial score (nSPS) is 9.91. The lowest BCUT2D eigenvalue weighted by atomic mass is 10.0. The van der Waals surface area contributed by atoms with Gasteiger partial charge in [-0.1, -0.05) is 18.2 Å². The van der Waals surface area contributed by atoms with Gasteiger partial charge in [0.1, 0.15) is 17.4 Å². The van der Waals surface area contributed by atoms with E-state index in [2.05, 4.69) is 4.98 Å². The number of nitrogens with one attached hydrogen (secondary N) is 1. The molecule has 0 aliphatic heterocycles. The van der Waals surface area contributed by atoms with E-state index < -0.39 is 11.7 Å². The van der Waals surface area contributed by atoms with Crippen LogP contribution in [0.2, 0.25) is 0 Å². The largest absolute Gasteiger partial charge is 0.414 e. The fourth-order valence-electron chi connectivity index (χ4n) is 1.98. The molecule has 0 bridgehead atoms. The highest BCUT2D eigenvalue weighted by atomic mass is 16.6. The van der Waals surface area contributed by atoms with Gasteiger partial charge >= 0.3 is 6.09 Å². The van der Waals surface area contributed by atoms with Crippen LogP contribution in [0.25, 0.3) is 11.1 Å². The fraction of sp³-hybridized carbons (Fsp3) is 0.188. The number of nitriles is 1. The number of carbonyl (C=O) groups excluding carboxylic acids is 1. The van der Waals surface area contributed by atoms with Gasteiger partial charge in [-0.15, -0.1) is 0 Å². The molecular weight excluding hydrogens is 282 g/mol. The average molecular weight is 297 g/mol. The van der Waals surface area contributed by atoms with Gasteiger partial charge in [0, 0.05) is 30.9 Å². The van der Waals surface area contributed by atoms with E-state index in [4.69, 9.17) is 4.74 Å². The van der Waals surface area contributed by atoms with Crippen LogP contribution in [0.4, 0.5) is 4.79 Å². The Morgan fingerprint density at radius 1 is 1.27 bits per heavy atom. The molecule has 1 amide bonds. The predicted molar refractivity (Wildman–Crippen MR) is 81.7 cm³/mol. The van der Waals surface area contributed by atoms with Gasteiger partial charge in [-0.3, -0.25) is 4.79 Å². The minimum absolute atomic E-state index is 0.0149. The molecule has 0 unspecified atom stereocenters. The topological polar surface area (TPSA) is 86.2 Å². The van der Waals surface area contributed by atoms with Crippen LogP contribution in [-0.2, 0) is 0 Å². The fourth-order valence-corrected chi connectivity index (χ4v) is 1.98. The molecule has 0 aliphatic rings. The van der Waals surface area contributed by atoms with Crippen molar-refractivity contribution in [3.63, 3.8) is 0 Å². The maximum atomic E-state index is 11.9. The summed E-state index contributed by atoms with van der Waals surface area (Å²) in [6, 6.07) is 10.4. The summed E-state index contributed by atoms with van der Waals surface area (Å²) < 4.78 is 5.31. The van der Waals surface area contributed by atoms with E-state index in [9.17, 15) is 14.9 Å². The summed E-state index contributed by atoms with van der Waals surface area (Å²) in [7, 11) is 3.14. The molecule has 1 aromatic carbocycles. The standard InChI is InChI=1S/C16H15N3O3/c1-10-8-12(13(9-17)15(20)18-10)11-6-4-5-7-14(11)22-16(21)19(2)3/h4-8H,1-3H3,(H,18,20). The van der Waals surface area contributed by atoms with Gasteiger partial charge in [-0.2, -0.15) is 5.26 Å². The third-order valence-corrected chi connectivity index (χ3v) is 3.02. The monoisotopic (exact) mass is 297 g/mol. The highest BCUT2D eigenvalue weighted by molar-refractivity contribution is 5.79. The molecule has 0 saturated carbocycles. The summed E-state index contributed by atoms with van der Waals surface area (Å²) in [6.45, 7) is 1.72. The summed E-state index contributed by atoms with van der Waals surface area (Å²) in [5.74, 6) is 0.294. The minimum Gasteiger partial charge on any atom is -0.410 e. The van der Waals surface area contributed by atoms with E-state index in [1.54, 1.807) is 51.4 Å². The van der Waals surface area contributed by atoms with Crippen LogP contribution in [0.5, 0.6) is 5.75 Å². The number of aromatic amines is 1. The number of amides is 1. The molecule has 0 radical (unpaired) electrons. The maximum absolute atomic E-state index is 11.9. The number of aryl methyl sites for hydroxylation is 1. The number of para-hydroxylation sites is 1. The zero-order chi connectivity index (χ0) is 16.3. The average Bonchev–Trinajstić information content (AvgIpc) is 2.47. The van der Waals surface area contributed by atoms with E-state index in [1.165, 1.54) is 4.90 Å². The molecule has 0 fully saturated rings. The predicted octanol–water partition coefficient (Wildman–Crippen LogP) is 2.28. The molecule has 6 heteroatoms. The molecule has 1 aromatic heterocycles. The quantitative estimate of drug-likeness (QED) is 0.921. The van der Waals surface area contributed by atoms with Gasteiger partial charge < -0.3 is 14.6 Å². The van der Waals surface area contributed by atoms with Crippen LogP contribution in [0.15, 0.2) is 35.1 Å². The first-order valence-corrected chi connectivity index (χ1v) is 6.56. The first-order chi connectivity index (χ1) is 10.4. The third-order valence-electron chi connectivity index (χ3n) is 3.02. The zero-order valence-corrected chi connectivity index (χ0v) is 12.5. The van der Waals surface area contributed by atoms with Gasteiger partial charge in [-0.05, 0) is 19.1 Å². The molecule has 2 aromatic rings. The SMILES string of the molecule is Cc1cc(-c2ccccc2OC(=O)N(C)C)c(C#N)c(=O)[nH]1. The van der Waals surface area contributed by atoms with Gasteiger partial charge in [0.15, 0.2) is 0 Å². The van der Waals surface area contributed by atoms with Crippen molar-refractivity contribution in [3.8, 4) is 22.9 Å². The Labute approximate surface area is 127 Å². The van der Waals surface area contributed by atoms with Gasteiger partial charge in [0.2, 0.25) is 0 Å². The van der Waals surface area contributed by atoms with E-state index >= 15 is 0 Å². The lowest BCUT2D eigenvalue weighted by Gasteiger charge is -2.14. The zero-order valence-electron chi connectivity index (χ0n) is 12.5. The van der Waals surface area contributed by atoms with Crippen LogP contribution >= 0.6 is 0 Å². The molecule has 6 nitrogen and oxygen atoms in total. The highest BCUT2D eigenvalue weighted by Crippen LogP contribution is 2.31. The Morgan fingerprint density at radius 2 is 1.95 bits per heavy atom. The van der Waals surface area contributed by atoms with Crippen molar-refractivity contribution >= 4 is 6.09 Å². The number of hydrogen-bond donors (Lipinski definition) is 1. The number of benzene rings is 1. The Kier molecular flexibility index (Phi) is 4.28. The minimum atomic E-state index is -0.535. The molecule has 22 heavy (non-hydrogen) atoms. The third kappa shape index (κ3) is 2.99. The molecule has 112 valence electrons. The Hall–Kier alpha value is -3.07. The first kappa shape index (κ1) is 15.3. The summed E-state index contributed by atoms with van der Waals surface area (Å²) in [4.78, 5) is 27.5. The van der Waals surface area contributed by atoms with Crippen LogP contribution in [-0.4, -0.2) is 30.1 Å². The second-order valence-corrected chi connectivity index (χ2v) is 4.94. The molecule has 0 saturated heterocycles. The number of aromatic nitrogens is 1. The summed E-state index contributed by atoms with van der Waals surface area (Å²) >= 11 is 0. The van der Waals surface area contributed by atoms with E-state index in [1.807, 2.05) is 6.07 Å². The number of ether oxygens (including phenoxy) is 1. The summed E-state index contributed by atoms with van der Waals surface area (Å²) in [5.41, 5.74) is 1.09. The van der Waals surface area contributed by atoms with Crippen LogP contribution in [0.3, 0.4) is 0 Å². The molecule has 0 atom stereocenters. The van der Waals surface area contributed by atoms with Gasteiger partial charge in [-0.25, -0.2) is 4.79 Å². The summed E-state index contributed by atoms with van der Waals surface area (Å²) in [5, 5.41) is 9.23. The molecule has 0 aliphatic carbocycles. The Bertz CT molecular complexity index is 816. The second kappa shape index (κ2) is 6.14. The number of nitrogens with zero attached hydrogens (tertiary/aromatic N) is 2. The molecule has 1 N–H and O–H groups in total. The molecular formula is C16H15N3O3. The number of rotatable bonds is 2. The van der Waals surface area contributed by atoms with E-state index in [-0.39, 0.29) is 5.56 Å². The molecule has 0 spiro atoms. The van der Waals surface area contributed by atoms with Gasteiger partial charge in [0.25, 0.3) is 5.56 Å². The van der Waals surface area contributed by atoms with Crippen molar-refractivity contribution in [2.24, 2.45) is 0 Å². The van der Waals surface area contributed by atoms with Crippen molar-refractivity contribution in [2.45, 2.75) is 6.92 Å². The van der Waals surface area contributed by atoms with E-state index in [0.29, 0.717) is 22.6 Å². The van der Waals surface area contributed by atoms with Crippen molar-refractivity contribution in [1.82, 2.24) is 9.88 Å². The maximum Gasteiger partial charge on any atom is 0.414 e. The Balaban J connectivity index is 2.62. The van der Waals surface area contributed by atoms with E-state index in [0.717, 1.165) is 0 Å². The van der Waals surface area contributed by atoms with Crippen molar-refractivity contribution < 1.29 is 9.53 Å². The van der Waals surface area contributed by atoms with Crippen LogP contribution in [0, 0.1) is 18.3 Å². The smallest absolute Gasteiger partial charge is 0.410 e. The van der Waals surface area contributed by atoms with Crippen LogP contribution < -0.4 is 10.3 Å². The number of pyridine rings is 1. The van der Waals surface area contributed by atoms with Crippen molar-refractivity contribution in [1.29, 1.82) is 5.26 Å². The van der Waals surface area contributed by atoms with Gasteiger partial charge in [0.05, 0.1) is 0 Å². The van der Waals surface area contributed by atoms with Crippen LogP contribution in [0.1, 0.15) is 11.3 Å². The van der Waals surface area contributed by atoms with Crippen molar-refractivity contribution in [2.75, 3.05) is 14.1 Å². The molecule has 2 rings (SSSR count). The highest BCUT2D eigenvalue weighted by Gasteiger charge is 2.16.